The highest BCUT2D eigenvalue weighted by Crippen LogP contribution is 2.20. The van der Waals surface area contributed by atoms with Crippen LogP contribution in [-0.4, -0.2) is 56.0 Å². The van der Waals surface area contributed by atoms with Gasteiger partial charge in [0.2, 0.25) is 10.0 Å². The number of carbonyl (C=O) groups excluding carboxylic acids is 1. The van der Waals surface area contributed by atoms with Crippen LogP contribution in [0.15, 0.2) is 47.4 Å². The van der Waals surface area contributed by atoms with E-state index >= 15 is 0 Å². The third-order valence-corrected chi connectivity index (χ3v) is 6.29. The maximum absolute atomic E-state index is 12.6. The number of hydrogen-bond acceptors (Lipinski definition) is 5. The van der Waals surface area contributed by atoms with E-state index in [1.165, 1.54) is 40.7 Å². The Balaban J connectivity index is 0.00000155. The van der Waals surface area contributed by atoms with Gasteiger partial charge in [-0.25, -0.2) is 13.2 Å². The van der Waals surface area contributed by atoms with E-state index in [9.17, 15) is 23.1 Å². The average molecular weight is 435 g/mol. The second kappa shape index (κ2) is 10.3. The van der Waals surface area contributed by atoms with E-state index in [1.54, 1.807) is 13.0 Å². The zero-order valence-corrected chi connectivity index (χ0v) is 18.0. The maximum atomic E-state index is 12.6. The second-order valence-electron chi connectivity index (χ2n) is 6.35. The van der Waals surface area contributed by atoms with Crippen molar-refractivity contribution in [3.8, 4) is 0 Å². The molecule has 1 amide bonds. The minimum atomic E-state index is -3.64. The number of carboxylic acid groups (broad SMARTS) is 1. The Bertz CT molecular complexity index is 997. The molecule has 162 valence electrons. The number of sulfonamides is 1. The van der Waals surface area contributed by atoms with Crippen molar-refractivity contribution < 1.29 is 27.9 Å². The van der Waals surface area contributed by atoms with Crippen LogP contribution in [0.5, 0.6) is 0 Å². The molecule has 2 aromatic carbocycles. The van der Waals surface area contributed by atoms with Crippen LogP contribution in [-0.2, 0) is 14.8 Å². The minimum absolute atomic E-state index is 0.0140. The van der Waals surface area contributed by atoms with Crippen LogP contribution < -0.4 is 5.32 Å². The summed E-state index contributed by atoms with van der Waals surface area (Å²) in [4.78, 5) is 23.9. The molecule has 3 rings (SSSR count). The first-order valence-corrected chi connectivity index (χ1v) is 11.1. The average Bonchev–Trinajstić information content (AvgIpc) is 2.77. The number of carbonyl (C=O) groups is 2. The van der Waals surface area contributed by atoms with Gasteiger partial charge in [0.25, 0.3) is 5.91 Å². The molecule has 0 spiro atoms. The molecule has 2 N–H and O–H groups in total. The van der Waals surface area contributed by atoms with Crippen molar-refractivity contribution in [1.29, 1.82) is 0 Å². The summed E-state index contributed by atoms with van der Waals surface area (Å²) in [7, 11) is -3.64. The van der Waals surface area contributed by atoms with Crippen LogP contribution in [0.4, 0.5) is 5.69 Å². The van der Waals surface area contributed by atoms with E-state index in [4.69, 9.17) is 4.74 Å². The van der Waals surface area contributed by atoms with E-state index in [2.05, 4.69) is 5.32 Å². The van der Waals surface area contributed by atoms with Gasteiger partial charge in [-0.2, -0.15) is 4.31 Å². The van der Waals surface area contributed by atoms with Crippen LogP contribution >= 0.6 is 0 Å². The lowest BCUT2D eigenvalue weighted by Gasteiger charge is -2.26. The molecule has 2 aromatic rings. The number of aryl methyl sites for hydroxylation is 1. The topological polar surface area (TPSA) is 113 Å². The van der Waals surface area contributed by atoms with Crippen molar-refractivity contribution in [3.63, 3.8) is 0 Å². The number of nitrogens with zero attached hydrogens (tertiary/aromatic N) is 1. The molecule has 1 fully saturated rings. The molecule has 8 nitrogen and oxygen atoms in total. The largest absolute Gasteiger partial charge is 0.478 e. The second-order valence-corrected chi connectivity index (χ2v) is 8.29. The number of rotatable bonds is 5. The minimum Gasteiger partial charge on any atom is -0.478 e. The van der Waals surface area contributed by atoms with E-state index < -0.39 is 21.9 Å². The molecule has 0 aliphatic carbocycles. The van der Waals surface area contributed by atoms with E-state index in [0.717, 1.165) is 5.56 Å². The first-order chi connectivity index (χ1) is 14.3. The molecule has 1 aliphatic heterocycles. The standard InChI is InChI=1S/C19H20N2O6S.C2H6/c1-13-2-7-17(16(12-13)19(23)24)20-18(22)14-3-5-15(6-4-14)28(25,26)21-8-10-27-11-9-21;1-2/h2-7,12H,8-11H2,1H3,(H,20,22)(H,23,24);1-2H3. The van der Waals surface area contributed by atoms with Crippen LogP contribution in [0.3, 0.4) is 0 Å². The molecule has 9 heteroatoms. The molecule has 0 aromatic heterocycles. The molecular weight excluding hydrogens is 408 g/mol. The number of benzene rings is 2. The first-order valence-electron chi connectivity index (χ1n) is 9.62. The Morgan fingerprint density at radius 1 is 1.03 bits per heavy atom. The maximum Gasteiger partial charge on any atom is 0.337 e. The fourth-order valence-electron chi connectivity index (χ4n) is 2.85. The number of ether oxygens (including phenoxy) is 1. The lowest BCUT2D eigenvalue weighted by molar-refractivity contribution is 0.0698. The summed E-state index contributed by atoms with van der Waals surface area (Å²) < 4.78 is 31.7. The summed E-state index contributed by atoms with van der Waals surface area (Å²) in [5.74, 6) is -1.67. The monoisotopic (exact) mass is 434 g/mol. The molecule has 0 saturated carbocycles. The van der Waals surface area contributed by atoms with Crippen molar-refractivity contribution in [2.75, 3.05) is 31.6 Å². The number of hydrogen-bond donors (Lipinski definition) is 2. The Labute approximate surface area is 176 Å². The van der Waals surface area contributed by atoms with Gasteiger partial charge in [-0.05, 0) is 43.3 Å². The van der Waals surface area contributed by atoms with Crippen LogP contribution in [0.25, 0.3) is 0 Å². The molecule has 1 aliphatic rings. The summed E-state index contributed by atoms with van der Waals surface area (Å²) in [6.45, 7) is 7.03. The number of anilines is 1. The zero-order valence-electron chi connectivity index (χ0n) is 17.2. The highest BCUT2D eigenvalue weighted by molar-refractivity contribution is 7.89. The molecule has 0 unspecified atom stereocenters. The normalized spacial score (nSPS) is 14.4. The van der Waals surface area contributed by atoms with Crippen molar-refractivity contribution in [1.82, 2.24) is 4.31 Å². The van der Waals surface area contributed by atoms with E-state index in [-0.39, 0.29) is 34.8 Å². The fraction of sp³-hybridized carbons (Fsp3) is 0.333. The molecule has 0 radical (unpaired) electrons. The third-order valence-electron chi connectivity index (χ3n) is 4.38. The Morgan fingerprint density at radius 2 is 1.63 bits per heavy atom. The van der Waals surface area contributed by atoms with Gasteiger partial charge in [0.1, 0.15) is 0 Å². The molecule has 0 atom stereocenters. The van der Waals surface area contributed by atoms with Crippen LogP contribution in [0.1, 0.15) is 40.1 Å². The molecule has 0 bridgehead atoms. The zero-order chi connectivity index (χ0) is 22.3. The Hall–Kier alpha value is -2.75. The lowest BCUT2D eigenvalue weighted by atomic mass is 10.1. The molecule has 1 heterocycles. The Morgan fingerprint density at radius 3 is 2.20 bits per heavy atom. The summed E-state index contributed by atoms with van der Waals surface area (Å²) >= 11 is 0. The van der Waals surface area contributed by atoms with Gasteiger partial charge in [0.05, 0.1) is 29.4 Å². The van der Waals surface area contributed by atoms with Gasteiger partial charge in [0.15, 0.2) is 0 Å². The van der Waals surface area contributed by atoms with Gasteiger partial charge >= 0.3 is 5.97 Å². The van der Waals surface area contributed by atoms with Crippen molar-refractivity contribution in [2.45, 2.75) is 25.7 Å². The highest BCUT2D eigenvalue weighted by atomic mass is 32.2. The summed E-state index contributed by atoms with van der Waals surface area (Å²) in [6.07, 6.45) is 0. The van der Waals surface area contributed by atoms with Crippen LogP contribution in [0.2, 0.25) is 0 Å². The number of amides is 1. The quantitative estimate of drug-likeness (QED) is 0.748. The summed E-state index contributed by atoms with van der Waals surface area (Å²) in [5, 5.41) is 11.9. The van der Waals surface area contributed by atoms with Gasteiger partial charge in [-0.1, -0.05) is 25.5 Å². The SMILES string of the molecule is CC.Cc1ccc(NC(=O)c2ccc(S(=O)(=O)N3CCOCC3)cc2)c(C(=O)O)c1. The number of morpholine rings is 1. The predicted molar refractivity (Wildman–Crippen MR) is 113 cm³/mol. The van der Waals surface area contributed by atoms with E-state index in [1.807, 2.05) is 13.8 Å². The Kier molecular flexibility index (Phi) is 8.10. The predicted octanol–water partition coefficient (Wildman–Crippen LogP) is 2.99. The van der Waals surface area contributed by atoms with Crippen molar-refractivity contribution in [2.24, 2.45) is 0 Å². The van der Waals surface area contributed by atoms with Gasteiger partial charge < -0.3 is 15.2 Å². The molecule has 1 saturated heterocycles. The van der Waals surface area contributed by atoms with Crippen molar-refractivity contribution in [3.05, 3.63) is 59.2 Å². The number of carboxylic acids is 1. The third kappa shape index (κ3) is 5.44. The van der Waals surface area contributed by atoms with Gasteiger partial charge in [0, 0.05) is 18.7 Å². The molecular formula is C21H26N2O6S. The smallest absolute Gasteiger partial charge is 0.337 e. The lowest BCUT2D eigenvalue weighted by Crippen LogP contribution is -2.40. The first kappa shape index (κ1) is 23.5. The summed E-state index contributed by atoms with van der Waals surface area (Å²) in [6, 6.07) is 10.2. The highest BCUT2D eigenvalue weighted by Gasteiger charge is 2.26. The number of aromatic carboxylic acids is 1. The van der Waals surface area contributed by atoms with Gasteiger partial charge in [-0.3, -0.25) is 4.79 Å². The number of nitrogens with one attached hydrogen (secondary N) is 1. The van der Waals surface area contributed by atoms with Crippen LogP contribution in [0, 0.1) is 6.92 Å². The van der Waals surface area contributed by atoms with Gasteiger partial charge in [-0.15, -0.1) is 0 Å². The van der Waals surface area contributed by atoms with Crippen molar-refractivity contribution >= 4 is 27.6 Å². The fourth-order valence-corrected chi connectivity index (χ4v) is 4.26. The summed E-state index contributed by atoms with van der Waals surface area (Å²) in [5.41, 5.74) is 1.14. The molecule has 30 heavy (non-hydrogen) atoms. The van der Waals surface area contributed by atoms with E-state index in [0.29, 0.717) is 13.2 Å².